The van der Waals surface area contributed by atoms with Gasteiger partial charge in [0, 0.05) is 17.3 Å². The highest BCUT2D eigenvalue weighted by molar-refractivity contribution is 5.81. The Kier molecular flexibility index (Phi) is 2.85. The van der Waals surface area contributed by atoms with Crippen LogP contribution in [0.25, 0.3) is 10.9 Å². The van der Waals surface area contributed by atoms with Crippen molar-refractivity contribution in [3.63, 3.8) is 0 Å². The maximum absolute atomic E-state index is 10.3. The van der Waals surface area contributed by atoms with Gasteiger partial charge in [-0.15, -0.1) is 0 Å². The molecule has 2 aromatic carbocycles. The highest BCUT2D eigenvalue weighted by atomic mass is 16.3. The average Bonchev–Trinajstić information content (AvgIpc) is 2.47. The number of nitrogens with zero attached hydrogens (tertiary/aromatic N) is 2. The molecule has 94 valence electrons. The second-order valence-corrected chi connectivity index (χ2v) is 4.36. The summed E-state index contributed by atoms with van der Waals surface area (Å²) in [5.41, 5.74) is 7.93. The largest absolute Gasteiger partial charge is 0.399 e. The third-order valence-corrected chi connectivity index (χ3v) is 2.98. The van der Waals surface area contributed by atoms with Gasteiger partial charge in [-0.2, -0.15) is 0 Å². The van der Waals surface area contributed by atoms with Gasteiger partial charge >= 0.3 is 0 Å². The van der Waals surface area contributed by atoms with Crippen LogP contribution in [0, 0.1) is 0 Å². The predicted molar refractivity (Wildman–Crippen MR) is 74.5 cm³/mol. The SMILES string of the molecule is Nc1ccc2nc([C@@H](O)c3ccccc3)ncc2c1. The summed E-state index contributed by atoms with van der Waals surface area (Å²) >= 11 is 0. The third kappa shape index (κ3) is 2.26. The molecule has 3 N–H and O–H groups in total. The van der Waals surface area contributed by atoms with Crippen molar-refractivity contribution >= 4 is 16.6 Å². The molecule has 1 aromatic heterocycles. The quantitative estimate of drug-likeness (QED) is 0.685. The van der Waals surface area contributed by atoms with Gasteiger partial charge in [0.15, 0.2) is 5.82 Å². The molecule has 4 nitrogen and oxygen atoms in total. The molecule has 1 atom stereocenters. The topological polar surface area (TPSA) is 72.0 Å². The fourth-order valence-electron chi connectivity index (χ4n) is 1.98. The van der Waals surface area contributed by atoms with E-state index in [2.05, 4.69) is 9.97 Å². The lowest BCUT2D eigenvalue weighted by molar-refractivity contribution is 0.210. The summed E-state index contributed by atoms with van der Waals surface area (Å²) < 4.78 is 0. The van der Waals surface area contributed by atoms with E-state index in [1.54, 1.807) is 12.3 Å². The molecule has 0 aliphatic carbocycles. The van der Waals surface area contributed by atoms with E-state index in [0.717, 1.165) is 16.5 Å². The van der Waals surface area contributed by atoms with E-state index in [9.17, 15) is 5.11 Å². The lowest BCUT2D eigenvalue weighted by Crippen LogP contribution is -2.05. The first-order valence-corrected chi connectivity index (χ1v) is 5.99. The molecule has 4 heteroatoms. The molecule has 0 unspecified atom stereocenters. The number of hydrogen-bond donors (Lipinski definition) is 2. The zero-order valence-corrected chi connectivity index (χ0v) is 10.2. The Morgan fingerprint density at radius 1 is 1.05 bits per heavy atom. The Morgan fingerprint density at radius 2 is 1.84 bits per heavy atom. The van der Waals surface area contributed by atoms with Crippen molar-refractivity contribution in [2.45, 2.75) is 6.10 Å². The Balaban J connectivity index is 2.04. The number of anilines is 1. The molecule has 3 aromatic rings. The van der Waals surface area contributed by atoms with Crippen molar-refractivity contribution in [1.82, 2.24) is 9.97 Å². The molecule has 0 spiro atoms. The summed E-state index contributed by atoms with van der Waals surface area (Å²) in [5, 5.41) is 11.1. The lowest BCUT2D eigenvalue weighted by Gasteiger charge is -2.10. The number of nitrogens with two attached hydrogens (primary N) is 1. The van der Waals surface area contributed by atoms with Crippen molar-refractivity contribution in [2.24, 2.45) is 0 Å². The zero-order chi connectivity index (χ0) is 13.2. The number of aromatic nitrogens is 2. The molecule has 19 heavy (non-hydrogen) atoms. The molecular weight excluding hydrogens is 238 g/mol. The summed E-state index contributed by atoms with van der Waals surface area (Å²) in [7, 11) is 0. The summed E-state index contributed by atoms with van der Waals surface area (Å²) in [5.74, 6) is 0.392. The molecule has 0 saturated carbocycles. The van der Waals surface area contributed by atoms with Crippen LogP contribution in [0.2, 0.25) is 0 Å². The summed E-state index contributed by atoms with van der Waals surface area (Å²) in [6, 6.07) is 14.8. The van der Waals surface area contributed by atoms with Crippen molar-refractivity contribution in [3.8, 4) is 0 Å². The van der Waals surface area contributed by atoms with E-state index in [1.807, 2.05) is 42.5 Å². The van der Waals surface area contributed by atoms with Crippen LogP contribution in [0.3, 0.4) is 0 Å². The Bertz CT molecular complexity index is 713. The molecule has 0 aliphatic rings. The van der Waals surface area contributed by atoms with Crippen LogP contribution in [0.4, 0.5) is 5.69 Å². The predicted octanol–water partition coefficient (Wildman–Crippen LogP) is 2.29. The molecule has 0 bridgehead atoms. The van der Waals surface area contributed by atoms with Crippen LogP contribution < -0.4 is 5.73 Å². The molecule has 0 radical (unpaired) electrons. The standard InChI is InChI=1S/C15H13N3O/c16-12-6-7-13-11(8-12)9-17-15(18-13)14(19)10-4-2-1-3-5-10/h1-9,14,19H,16H2/t14-/m0/s1. The monoisotopic (exact) mass is 251 g/mol. The minimum Gasteiger partial charge on any atom is -0.399 e. The summed E-state index contributed by atoms with van der Waals surface area (Å²) in [6.07, 6.45) is 0.864. The van der Waals surface area contributed by atoms with E-state index in [0.29, 0.717) is 11.5 Å². The zero-order valence-electron chi connectivity index (χ0n) is 10.2. The van der Waals surface area contributed by atoms with Gasteiger partial charge in [-0.1, -0.05) is 30.3 Å². The van der Waals surface area contributed by atoms with Crippen LogP contribution in [0.5, 0.6) is 0 Å². The number of hydrogen-bond acceptors (Lipinski definition) is 4. The van der Waals surface area contributed by atoms with E-state index in [4.69, 9.17) is 5.73 Å². The van der Waals surface area contributed by atoms with E-state index < -0.39 is 6.10 Å². The number of fused-ring (bicyclic) bond motifs is 1. The fraction of sp³-hybridized carbons (Fsp3) is 0.0667. The second kappa shape index (κ2) is 4.66. The van der Waals surface area contributed by atoms with Crippen LogP contribution in [-0.4, -0.2) is 15.1 Å². The lowest BCUT2D eigenvalue weighted by atomic mass is 10.1. The third-order valence-electron chi connectivity index (χ3n) is 2.98. The van der Waals surface area contributed by atoms with Gasteiger partial charge in [0.05, 0.1) is 5.52 Å². The minimum absolute atomic E-state index is 0.392. The minimum atomic E-state index is -0.817. The highest BCUT2D eigenvalue weighted by Gasteiger charge is 2.13. The maximum Gasteiger partial charge on any atom is 0.162 e. The van der Waals surface area contributed by atoms with Crippen LogP contribution >= 0.6 is 0 Å². The number of aliphatic hydroxyl groups excluding tert-OH is 1. The summed E-state index contributed by atoms with van der Waals surface area (Å²) in [6.45, 7) is 0. The number of nitrogen functional groups attached to an aromatic ring is 1. The van der Waals surface area contributed by atoms with Crippen molar-refractivity contribution in [2.75, 3.05) is 5.73 Å². The van der Waals surface area contributed by atoms with Crippen molar-refractivity contribution in [1.29, 1.82) is 0 Å². The van der Waals surface area contributed by atoms with Gasteiger partial charge in [0.2, 0.25) is 0 Å². The van der Waals surface area contributed by atoms with Crippen molar-refractivity contribution < 1.29 is 5.11 Å². The van der Waals surface area contributed by atoms with E-state index in [1.165, 1.54) is 0 Å². The van der Waals surface area contributed by atoms with E-state index in [-0.39, 0.29) is 0 Å². The fourth-order valence-corrected chi connectivity index (χ4v) is 1.98. The highest BCUT2D eigenvalue weighted by Crippen LogP contribution is 2.21. The van der Waals surface area contributed by atoms with Gasteiger partial charge in [0.1, 0.15) is 6.10 Å². The van der Waals surface area contributed by atoms with E-state index >= 15 is 0 Å². The van der Waals surface area contributed by atoms with Gasteiger partial charge in [0.25, 0.3) is 0 Å². The van der Waals surface area contributed by atoms with Gasteiger partial charge < -0.3 is 10.8 Å². The first kappa shape index (κ1) is 11.6. The Morgan fingerprint density at radius 3 is 2.63 bits per heavy atom. The molecule has 0 saturated heterocycles. The normalized spacial score (nSPS) is 12.5. The van der Waals surface area contributed by atoms with Gasteiger partial charge in [-0.3, -0.25) is 0 Å². The molecule has 0 amide bonds. The maximum atomic E-state index is 10.3. The first-order chi connectivity index (χ1) is 9.24. The number of benzene rings is 2. The number of rotatable bonds is 2. The smallest absolute Gasteiger partial charge is 0.162 e. The van der Waals surface area contributed by atoms with Crippen LogP contribution in [0.1, 0.15) is 17.5 Å². The summed E-state index contributed by atoms with van der Waals surface area (Å²) in [4.78, 5) is 8.58. The first-order valence-electron chi connectivity index (χ1n) is 5.99. The average molecular weight is 251 g/mol. The Hall–Kier alpha value is -2.46. The Labute approximate surface area is 110 Å². The van der Waals surface area contributed by atoms with Gasteiger partial charge in [-0.25, -0.2) is 9.97 Å². The molecule has 1 heterocycles. The van der Waals surface area contributed by atoms with Crippen LogP contribution in [0.15, 0.2) is 54.7 Å². The van der Waals surface area contributed by atoms with Crippen molar-refractivity contribution in [3.05, 3.63) is 66.1 Å². The number of aliphatic hydroxyl groups is 1. The second-order valence-electron chi connectivity index (χ2n) is 4.36. The van der Waals surface area contributed by atoms with Crippen LogP contribution in [-0.2, 0) is 0 Å². The molecular formula is C15H13N3O. The molecule has 0 aliphatic heterocycles. The van der Waals surface area contributed by atoms with Gasteiger partial charge in [-0.05, 0) is 23.8 Å². The molecule has 3 rings (SSSR count). The molecule has 0 fully saturated rings.